The van der Waals surface area contributed by atoms with Crippen molar-refractivity contribution >= 4 is 21.8 Å². The summed E-state index contributed by atoms with van der Waals surface area (Å²) in [5.74, 6) is 1.92. The lowest BCUT2D eigenvalue weighted by Crippen LogP contribution is -2.47. The molecule has 120 valence electrons. The number of benzene rings is 1. The summed E-state index contributed by atoms with van der Waals surface area (Å²) < 4.78 is 6.77. The minimum absolute atomic E-state index is 0.00517. The van der Waals surface area contributed by atoms with Crippen LogP contribution < -0.4 is 15.8 Å². The second-order valence-corrected chi connectivity index (χ2v) is 7.39. The van der Waals surface area contributed by atoms with Crippen molar-refractivity contribution in [2.75, 3.05) is 6.54 Å². The Morgan fingerprint density at radius 2 is 2.14 bits per heavy atom. The fraction of sp³-hybridized carbons (Fsp3) is 0.588. The van der Waals surface area contributed by atoms with Crippen molar-refractivity contribution in [1.82, 2.24) is 5.32 Å². The summed E-state index contributed by atoms with van der Waals surface area (Å²) in [4.78, 5) is 12.4. The van der Waals surface area contributed by atoms with Crippen LogP contribution in [0.4, 0.5) is 0 Å². The summed E-state index contributed by atoms with van der Waals surface area (Å²) in [6.07, 6.45) is 3.39. The van der Waals surface area contributed by atoms with Crippen molar-refractivity contribution in [3.8, 4) is 5.75 Å². The van der Waals surface area contributed by atoms with E-state index in [0.717, 1.165) is 23.1 Å². The molecule has 0 aliphatic heterocycles. The maximum Gasteiger partial charge on any atom is 0.225 e. The van der Waals surface area contributed by atoms with Gasteiger partial charge in [0.15, 0.2) is 0 Å². The molecule has 0 heterocycles. The van der Waals surface area contributed by atoms with E-state index in [-0.39, 0.29) is 24.0 Å². The average Bonchev–Trinajstić information content (AvgIpc) is 3.08. The van der Waals surface area contributed by atoms with Crippen LogP contribution in [0.5, 0.6) is 5.75 Å². The number of hydrogen-bond acceptors (Lipinski definition) is 3. The molecule has 5 atom stereocenters. The molecule has 0 saturated heterocycles. The summed E-state index contributed by atoms with van der Waals surface area (Å²) in [5, 5.41) is 3.02. The van der Waals surface area contributed by atoms with Crippen LogP contribution in [-0.2, 0) is 4.79 Å². The number of nitrogens with one attached hydrogen (secondary N) is 1. The van der Waals surface area contributed by atoms with Crippen molar-refractivity contribution in [3.05, 3.63) is 28.7 Å². The minimum Gasteiger partial charge on any atom is -0.488 e. The van der Waals surface area contributed by atoms with Crippen LogP contribution in [0.1, 0.15) is 26.2 Å². The number of hydrogen-bond donors (Lipinski definition) is 2. The van der Waals surface area contributed by atoms with E-state index in [1.807, 2.05) is 31.2 Å². The molecule has 22 heavy (non-hydrogen) atoms. The Balaban J connectivity index is 1.50. The van der Waals surface area contributed by atoms with Crippen LogP contribution >= 0.6 is 15.9 Å². The minimum atomic E-state index is -0.0857. The molecule has 2 fully saturated rings. The Morgan fingerprint density at radius 1 is 1.41 bits per heavy atom. The van der Waals surface area contributed by atoms with Gasteiger partial charge in [0.25, 0.3) is 0 Å². The first-order chi connectivity index (χ1) is 10.6. The monoisotopic (exact) mass is 366 g/mol. The fourth-order valence-electron chi connectivity index (χ4n) is 3.89. The van der Waals surface area contributed by atoms with E-state index >= 15 is 0 Å². The Kier molecular flexibility index (Phi) is 4.73. The zero-order chi connectivity index (χ0) is 15.7. The van der Waals surface area contributed by atoms with Crippen LogP contribution in [0.3, 0.4) is 0 Å². The number of amides is 1. The van der Waals surface area contributed by atoms with Crippen LogP contribution in [0.25, 0.3) is 0 Å². The van der Waals surface area contributed by atoms with Crippen molar-refractivity contribution in [3.63, 3.8) is 0 Å². The second-order valence-electron chi connectivity index (χ2n) is 6.54. The summed E-state index contributed by atoms with van der Waals surface area (Å²) in [5.41, 5.74) is 6.22. The molecule has 3 rings (SSSR count). The zero-order valence-electron chi connectivity index (χ0n) is 12.8. The maximum atomic E-state index is 12.4. The van der Waals surface area contributed by atoms with E-state index in [1.54, 1.807) is 0 Å². The molecule has 1 aromatic rings. The van der Waals surface area contributed by atoms with Gasteiger partial charge in [-0.15, -0.1) is 0 Å². The van der Waals surface area contributed by atoms with E-state index in [2.05, 4.69) is 21.2 Å². The molecule has 5 heteroatoms. The Morgan fingerprint density at radius 3 is 2.82 bits per heavy atom. The number of carbonyl (C=O) groups is 1. The van der Waals surface area contributed by atoms with Crippen molar-refractivity contribution in [1.29, 1.82) is 0 Å². The first-order valence-corrected chi connectivity index (χ1v) is 8.80. The van der Waals surface area contributed by atoms with Gasteiger partial charge in [0.05, 0.1) is 16.9 Å². The quantitative estimate of drug-likeness (QED) is 0.841. The predicted molar refractivity (Wildman–Crippen MR) is 89.5 cm³/mol. The van der Waals surface area contributed by atoms with Gasteiger partial charge in [-0.3, -0.25) is 4.79 Å². The van der Waals surface area contributed by atoms with Gasteiger partial charge in [-0.2, -0.15) is 0 Å². The van der Waals surface area contributed by atoms with Gasteiger partial charge in [-0.1, -0.05) is 12.1 Å². The lowest BCUT2D eigenvalue weighted by Gasteiger charge is -2.27. The third-order valence-corrected chi connectivity index (χ3v) is 5.67. The number of rotatable bonds is 5. The zero-order valence-corrected chi connectivity index (χ0v) is 14.4. The molecule has 0 radical (unpaired) electrons. The summed E-state index contributed by atoms with van der Waals surface area (Å²) >= 11 is 3.46. The summed E-state index contributed by atoms with van der Waals surface area (Å²) in [6, 6.07) is 7.76. The number of halogens is 1. The van der Waals surface area contributed by atoms with Crippen molar-refractivity contribution in [2.45, 2.75) is 38.3 Å². The third kappa shape index (κ3) is 3.15. The number of carbonyl (C=O) groups excluding carboxylic acids is 1. The molecular weight excluding hydrogens is 344 g/mol. The molecule has 2 saturated carbocycles. The number of nitrogens with two attached hydrogens (primary N) is 1. The van der Waals surface area contributed by atoms with Crippen LogP contribution in [0.2, 0.25) is 0 Å². The van der Waals surface area contributed by atoms with E-state index in [0.29, 0.717) is 18.4 Å². The van der Waals surface area contributed by atoms with Gasteiger partial charge >= 0.3 is 0 Å². The normalized spacial score (nSPS) is 31.0. The molecule has 1 aromatic carbocycles. The molecular formula is C17H23BrN2O2. The molecule has 3 N–H and O–H groups in total. The van der Waals surface area contributed by atoms with E-state index in [4.69, 9.17) is 10.5 Å². The Hall–Kier alpha value is -1.07. The summed E-state index contributed by atoms with van der Waals surface area (Å²) in [7, 11) is 0. The molecule has 5 unspecified atom stereocenters. The molecule has 2 aliphatic rings. The first kappa shape index (κ1) is 15.8. The Labute approximate surface area is 139 Å². The SMILES string of the molecule is CC(CNC(=O)C1C2CCC(C2)C1N)Oc1ccccc1Br. The molecule has 0 aromatic heterocycles. The lowest BCUT2D eigenvalue weighted by molar-refractivity contribution is -0.127. The number of para-hydroxylation sites is 1. The van der Waals surface area contributed by atoms with Gasteiger partial charge in [0, 0.05) is 6.04 Å². The van der Waals surface area contributed by atoms with Crippen LogP contribution in [0.15, 0.2) is 28.7 Å². The highest BCUT2D eigenvalue weighted by Crippen LogP contribution is 2.47. The highest BCUT2D eigenvalue weighted by Gasteiger charge is 2.48. The highest BCUT2D eigenvalue weighted by molar-refractivity contribution is 9.10. The third-order valence-electron chi connectivity index (χ3n) is 5.01. The van der Waals surface area contributed by atoms with Gasteiger partial charge in [0.2, 0.25) is 5.91 Å². The first-order valence-electron chi connectivity index (χ1n) is 8.00. The van der Waals surface area contributed by atoms with Crippen molar-refractivity contribution < 1.29 is 9.53 Å². The lowest BCUT2D eigenvalue weighted by atomic mass is 9.84. The van der Waals surface area contributed by atoms with E-state index < -0.39 is 0 Å². The van der Waals surface area contributed by atoms with E-state index in [1.165, 1.54) is 6.42 Å². The molecule has 0 spiro atoms. The molecule has 4 nitrogen and oxygen atoms in total. The largest absolute Gasteiger partial charge is 0.488 e. The van der Waals surface area contributed by atoms with Gasteiger partial charge in [0.1, 0.15) is 11.9 Å². The van der Waals surface area contributed by atoms with E-state index in [9.17, 15) is 4.79 Å². The van der Waals surface area contributed by atoms with Crippen LogP contribution in [-0.4, -0.2) is 24.6 Å². The smallest absolute Gasteiger partial charge is 0.225 e. The van der Waals surface area contributed by atoms with Gasteiger partial charge in [-0.05, 0) is 66.1 Å². The van der Waals surface area contributed by atoms with Crippen LogP contribution in [0, 0.1) is 17.8 Å². The molecule has 2 bridgehead atoms. The highest BCUT2D eigenvalue weighted by atomic mass is 79.9. The average molecular weight is 367 g/mol. The number of ether oxygens (including phenoxy) is 1. The topological polar surface area (TPSA) is 64.4 Å². The molecule has 2 aliphatic carbocycles. The van der Waals surface area contributed by atoms with Crippen molar-refractivity contribution in [2.24, 2.45) is 23.5 Å². The fourth-order valence-corrected chi connectivity index (χ4v) is 4.26. The predicted octanol–water partition coefficient (Wildman–Crippen LogP) is 2.71. The summed E-state index contributed by atoms with van der Waals surface area (Å²) in [6.45, 7) is 2.46. The van der Waals surface area contributed by atoms with Gasteiger partial charge < -0.3 is 15.8 Å². The number of fused-ring (bicyclic) bond motifs is 2. The standard InChI is InChI=1S/C17H23BrN2O2/c1-10(22-14-5-3-2-4-13(14)18)9-20-17(21)15-11-6-7-12(8-11)16(15)19/h2-5,10-12,15-16H,6-9,19H2,1H3,(H,20,21). The second kappa shape index (κ2) is 6.59. The maximum absolute atomic E-state index is 12.4. The molecule has 1 amide bonds. The Bertz CT molecular complexity index is 549. The van der Waals surface area contributed by atoms with Gasteiger partial charge in [-0.25, -0.2) is 0 Å².